The fraction of sp³-hybridized carbons (Fsp3) is 0.0667. The minimum Gasteiger partial charge on any atom is -1.00 e. The van der Waals surface area contributed by atoms with Crippen molar-refractivity contribution in [1.29, 1.82) is 0 Å². The molecule has 0 radical (unpaired) electrons. The molecule has 0 fully saturated rings. The Kier molecular flexibility index (Phi) is 4.90. The van der Waals surface area contributed by atoms with Crippen LogP contribution in [-0.2, 0) is 0 Å². The minimum absolute atomic E-state index is 0. The number of aliphatic imine (C=N–C) groups is 1. The highest BCUT2D eigenvalue weighted by Crippen LogP contribution is 2.28. The van der Waals surface area contributed by atoms with Gasteiger partial charge in [-0.1, -0.05) is 48.0 Å². The van der Waals surface area contributed by atoms with Gasteiger partial charge in [-0.25, -0.2) is 9.89 Å². The van der Waals surface area contributed by atoms with Gasteiger partial charge in [0.2, 0.25) is 6.17 Å². The van der Waals surface area contributed by atoms with Crippen molar-refractivity contribution in [1.82, 2.24) is 5.32 Å². The van der Waals surface area contributed by atoms with Crippen LogP contribution >= 0.6 is 11.6 Å². The topological polar surface area (TPSA) is 79.4 Å². The molecule has 1 aliphatic heterocycles. The number of nitrogens with zero attached hydrogens (tertiary/aromatic N) is 2. The Labute approximate surface area is 139 Å². The molecule has 0 aliphatic carbocycles. The number of hydrogen-bond donors (Lipinski definition) is 3. The molecule has 1 aliphatic rings. The highest BCUT2D eigenvalue weighted by Gasteiger charge is 2.28. The van der Waals surface area contributed by atoms with Gasteiger partial charge in [-0.2, -0.15) is 4.99 Å². The van der Waals surface area contributed by atoms with E-state index in [0.717, 1.165) is 11.3 Å². The van der Waals surface area contributed by atoms with E-state index in [-0.39, 0.29) is 18.6 Å². The van der Waals surface area contributed by atoms with Crippen LogP contribution in [0.15, 0.2) is 59.6 Å². The zero-order valence-corrected chi connectivity index (χ0v) is 13.1. The maximum Gasteiger partial charge on any atom is 0.357 e. The molecule has 0 bridgehead atoms. The molecule has 5 N–H and O–H groups in total. The Morgan fingerprint density at radius 2 is 1.77 bits per heavy atom. The van der Waals surface area contributed by atoms with Crippen LogP contribution < -0.4 is 29.2 Å². The van der Waals surface area contributed by atoms with Crippen molar-refractivity contribution in [3.05, 3.63) is 65.2 Å². The van der Waals surface area contributed by atoms with Gasteiger partial charge in [0.25, 0.3) is 5.96 Å². The number of guanidine groups is 2. The minimum atomic E-state index is -0.328. The lowest BCUT2D eigenvalue weighted by atomic mass is 10.1. The van der Waals surface area contributed by atoms with Crippen LogP contribution in [0.5, 0.6) is 0 Å². The van der Waals surface area contributed by atoms with E-state index in [1.807, 2.05) is 59.2 Å². The number of hydrogen-bond acceptors (Lipinski definition) is 4. The molecule has 0 aromatic heterocycles. The molecule has 1 heterocycles. The first-order valence-corrected chi connectivity index (χ1v) is 6.85. The molecule has 22 heavy (non-hydrogen) atoms. The molecular formula is C15H15Cl2N5. The molecule has 1 unspecified atom stereocenters. The van der Waals surface area contributed by atoms with Gasteiger partial charge in [-0.05, 0) is 18.2 Å². The van der Waals surface area contributed by atoms with E-state index in [1.165, 1.54) is 0 Å². The maximum atomic E-state index is 6.11. The van der Waals surface area contributed by atoms with Gasteiger partial charge in [0.1, 0.15) is 5.69 Å². The summed E-state index contributed by atoms with van der Waals surface area (Å²) in [6, 6.07) is 17.3. The molecule has 0 saturated heterocycles. The van der Waals surface area contributed by atoms with Gasteiger partial charge in [0.15, 0.2) is 0 Å². The second-order valence-electron chi connectivity index (χ2n) is 4.66. The Bertz CT molecular complexity index is 728. The third-order valence-electron chi connectivity index (χ3n) is 3.21. The third kappa shape index (κ3) is 3.16. The summed E-state index contributed by atoms with van der Waals surface area (Å²) in [5.41, 5.74) is 13.8. The molecule has 2 aromatic rings. The molecule has 114 valence electrons. The van der Waals surface area contributed by atoms with Gasteiger partial charge >= 0.3 is 5.96 Å². The van der Waals surface area contributed by atoms with Crippen LogP contribution in [0.2, 0.25) is 5.02 Å². The molecule has 0 spiro atoms. The highest BCUT2D eigenvalue weighted by atomic mass is 35.5. The summed E-state index contributed by atoms with van der Waals surface area (Å²) in [4.78, 5) is 4.46. The van der Waals surface area contributed by atoms with E-state index < -0.39 is 0 Å². The van der Waals surface area contributed by atoms with Crippen LogP contribution in [0.25, 0.3) is 0 Å². The molecule has 3 rings (SSSR count). The molecule has 1 atom stereocenters. The zero-order chi connectivity index (χ0) is 14.8. The second kappa shape index (κ2) is 6.68. The summed E-state index contributed by atoms with van der Waals surface area (Å²) in [7, 11) is 0. The van der Waals surface area contributed by atoms with E-state index in [0.29, 0.717) is 16.9 Å². The largest absolute Gasteiger partial charge is 1.00 e. The quantitative estimate of drug-likeness (QED) is 0.611. The molecule has 5 nitrogen and oxygen atoms in total. The molecule has 0 saturated carbocycles. The number of halogens is 2. The van der Waals surface area contributed by atoms with Crippen LogP contribution in [-0.4, -0.2) is 16.5 Å². The fourth-order valence-corrected chi connectivity index (χ4v) is 2.48. The average molecular weight is 336 g/mol. The Morgan fingerprint density at radius 1 is 1.05 bits per heavy atom. The summed E-state index contributed by atoms with van der Waals surface area (Å²) < 4.78 is 1.86. The van der Waals surface area contributed by atoms with Crippen molar-refractivity contribution in [2.24, 2.45) is 16.5 Å². The summed E-state index contributed by atoms with van der Waals surface area (Å²) in [6.07, 6.45) is -0.328. The first-order chi connectivity index (χ1) is 10.1. The molecular weight excluding hydrogens is 321 g/mol. The standard InChI is InChI=1S/C15H14ClN5.ClH/c16-11-7-4-8-12(9-11)21-13(10-5-2-1-3-6-10)19-14(17)20-15(21)18;/h1-9,13H,(H4,17,18,19,20);1H. The van der Waals surface area contributed by atoms with Gasteiger partial charge in [-0.3, -0.25) is 5.73 Å². The Balaban J connectivity index is 0.00000176. The van der Waals surface area contributed by atoms with Crippen molar-refractivity contribution < 1.29 is 17.0 Å². The van der Waals surface area contributed by atoms with Gasteiger partial charge < -0.3 is 18.1 Å². The van der Waals surface area contributed by atoms with Crippen molar-refractivity contribution in [2.75, 3.05) is 0 Å². The summed E-state index contributed by atoms with van der Waals surface area (Å²) in [6.45, 7) is 0. The Hall–Kier alpha value is -2.24. The zero-order valence-electron chi connectivity index (χ0n) is 11.6. The number of nitrogens with two attached hydrogens (primary N) is 2. The van der Waals surface area contributed by atoms with Crippen LogP contribution in [0.4, 0.5) is 5.69 Å². The predicted molar refractivity (Wildman–Crippen MR) is 84.5 cm³/mol. The predicted octanol–water partition coefficient (Wildman–Crippen LogP) is -1.08. The molecule has 2 aromatic carbocycles. The number of benzene rings is 2. The van der Waals surface area contributed by atoms with E-state index in [1.54, 1.807) is 0 Å². The third-order valence-corrected chi connectivity index (χ3v) is 3.44. The maximum absolute atomic E-state index is 6.11. The molecule has 7 heteroatoms. The first-order valence-electron chi connectivity index (χ1n) is 6.47. The van der Waals surface area contributed by atoms with Crippen LogP contribution in [0, 0.1) is 0 Å². The monoisotopic (exact) mass is 335 g/mol. The lowest BCUT2D eigenvalue weighted by Crippen LogP contribution is -3.00. The normalized spacial score (nSPS) is 17.3. The fourth-order valence-electron chi connectivity index (χ4n) is 2.30. The SMILES string of the molecule is NC1=NC(c2ccccc2)[N+](c2cccc(Cl)c2)=C(N)N1.[Cl-]. The first kappa shape index (κ1) is 16.1. The van der Waals surface area contributed by atoms with E-state index >= 15 is 0 Å². The Morgan fingerprint density at radius 3 is 2.45 bits per heavy atom. The smallest absolute Gasteiger partial charge is 0.357 e. The van der Waals surface area contributed by atoms with E-state index in [9.17, 15) is 0 Å². The van der Waals surface area contributed by atoms with Crippen LogP contribution in [0.1, 0.15) is 11.7 Å². The van der Waals surface area contributed by atoms with Gasteiger partial charge in [-0.15, -0.1) is 0 Å². The lowest BCUT2D eigenvalue weighted by molar-refractivity contribution is -0.494. The van der Waals surface area contributed by atoms with Crippen molar-refractivity contribution in [2.45, 2.75) is 6.17 Å². The highest BCUT2D eigenvalue weighted by molar-refractivity contribution is 6.30. The lowest BCUT2D eigenvalue weighted by Gasteiger charge is -2.22. The summed E-state index contributed by atoms with van der Waals surface area (Å²) in [5.74, 6) is 0.707. The second-order valence-corrected chi connectivity index (χ2v) is 5.10. The average Bonchev–Trinajstić information content (AvgIpc) is 2.47. The van der Waals surface area contributed by atoms with Crippen LogP contribution in [0.3, 0.4) is 0 Å². The van der Waals surface area contributed by atoms with Crippen molar-refractivity contribution in [3.63, 3.8) is 0 Å². The van der Waals surface area contributed by atoms with Crippen molar-refractivity contribution in [3.8, 4) is 0 Å². The summed E-state index contributed by atoms with van der Waals surface area (Å²) >= 11 is 6.08. The van der Waals surface area contributed by atoms with Gasteiger partial charge in [0.05, 0.1) is 0 Å². The number of nitrogens with one attached hydrogen (secondary N) is 1. The summed E-state index contributed by atoms with van der Waals surface area (Å²) in [5, 5.41) is 3.49. The number of rotatable bonds is 2. The van der Waals surface area contributed by atoms with Gasteiger partial charge in [0, 0.05) is 10.6 Å². The van der Waals surface area contributed by atoms with E-state index in [2.05, 4.69) is 10.3 Å². The van der Waals surface area contributed by atoms with E-state index in [4.69, 9.17) is 23.1 Å². The van der Waals surface area contributed by atoms with Crippen molar-refractivity contribution >= 4 is 29.2 Å². The molecule has 0 amide bonds.